The third-order valence-corrected chi connectivity index (χ3v) is 7.50. The van der Waals surface area contributed by atoms with Gasteiger partial charge in [-0.2, -0.15) is 10.4 Å². The number of rotatable bonds is 6. The van der Waals surface area contributed by atoms with Gasteiger partial charge in [0, 0.05) is 21.0 Å². The van der Waals surface area contributed by atoms with Gasteiger partial charge in [-0.25, -0.2) is 10.2 Å². The second kappa shape index (κ2) is 11.5. The highest BCUT2D eigenvalue weighted by Crippen LogP contribution is 2.36. The number of para-hydroxylation sites is 1. The number of esters is 1. The Labute approximate surface area is 256 Å². The summed E-state index contributed by atoms with van der Waals surface area (Å²) >= 11 is 6.88. The van der Waals surface area contributed by atoms with Crippen LogP contribution in [0, 0.1) is 11.3 Å². The Kier molecular flexibility index (Phi) is 7.48. The molecule has 0 aliphatic carbocycles. The lowest BCUT2D eigenvalue weighted by Gasteiger charge is -2.11. The second-order valence-corrected chi connectivity index (χ2v) is 10.8. The van der Waals surface area contributed by atoms with E-state index in [1.165, 1.54) is 6.21 Å². The van der Waals surface area contributed by atoms with Gasteiger partial charge in [-0.1, -0.05) is 58.4 Å². The summed E-state index contributed by atoms with van der Waals surface area (Å²) in [7, 11) is 0. The minimum Gasteiger partial charge on any atom is -0.454 e. The van der Waals surface area contributed by atoms with Crippen LogP contribution in [0.2, 0.25) is 0 Å². The molecule has 0 saturated heterocycles. The molecular formula is C31H18Br2N4O5. The number of H-pyrrole nitrogens is 1. The summed E-state index contributed by atoms with van der Waals surface area (Å²) in [6, 6.07) is 25.1. The van der Waals surface area contributed by atoms with E-state index in [2.05, 4.69) is 53.4 Å². The third-order valence-electron chi connectivity index (χ3n) is 6.45. The third kappa shape index (κ3) is 5.25. The fourth-order valence-corrected chi connectivity index (χ4v) is 5.90. The molecule has 5 aromatic rings. The number of hydrazone groups is 1. The molecule has 0 bridgehead atoms. The number of halogens is 2. The first kappa shape index (κ1) is 27.3. The van der Waals surface area contributed by atoms with Gasteiger partial charge in [0.05, 0.1) is 27.3 Å². The van der Waals surface area contributed by atoms with Crippen LogP contribution in [-0.2, 0) is 0 Å². The summed E-state index contributed by atoms with van der Waals surface area (Å²) in [6.07, 6.45) is 1.38. The summed E-state index contributed by atoms with van der Waals surface area (Å²) in [5.74, 6) is 0.0758. The summed E-state index contributed by atoms with van der Waals surface area (Å²) in [4.78, 5) is 29.5. The van der Waals surface area contributed by atoms with E-state index in [0.717, 1.165) is 10.9 Å². The molecule has 2 heterocycles. The summed E-state index contributed by atoms with van der Waals surface area (Å²) in [5, 5.41) is 14.5. The number of nitriles is 1. The molecule has 1 aliphatic heterocycles. The van der Waals surface area contributed by atoms with Crippen molar-refractivity contribution in [1.29, 1.82) is 5.26 Å². The number of nitrogens with zero attached hydrogens (tertiary/aromatic N) is 2. The number of hydrogen-bond donors (Lipinski definition) is 2. The molecular weight excluding hydrogens is 668 g/mol. The number of benzene rings is 4. The second-order valence-electron chi connectivity index (χ2n) is 9.04. The van der Waals surface area contributed by atoms with Crippen LogP contribution in [0.1, 0.15) is 32.0 Å². The lowest BCUT2D eigenvalue weighted by molar-refractivity contribution is 0.0732. The normalized spacial score (nSPS) is 11.9. The Hall–Kier alpha value is -4.92. The summed E-state index contributed by atoms with van der Waals surface area (Å²) in [5.41, 5.74) is 5.92. The first-order chi connectivity index (χ1) is 20.4. The van der Waals surface area contributed by atoms with Crippen molar-refractivity contribution in [3.8, 4) is 34.4 Å². The number of amides is 1. The van der Waals surface area contributed by atoms with E-state index in [1.807, 2.05) is 36.4 Å². The minimum absolute atomic E-state index is 0.0866. The van der Waals surface area contributed by atoms with Crippen molar-refractivity contribution in [3.05, 3.63) is 110 Å². The van der Waals surface area contributed by atoms with E-state index in [0.29, 0.717) is 42.7 Å². The SMILES string of the molecule is N#Cc1cccc2c(-c3ccccc3)c(C(=O)NN=Cc3cc(Br)cc(Br)c3OC(=O)c3ccc4c(c3)OCO4)[nH]c12. The Bertz CT molecular complexity index is 1950. The van der Waals surface area contributed by atoms with E-state index in [9.17, 15) is 14.9 Å². The molecule has 0 radical (unpaired) electrons. The van der Waals surface area contributed by atoms with Gasteiger partial charge < -0.3 is 19.2 Å². The Morgan fingerprint density at radius 1 is 1.00 bits per heavy atom. The lowest BCUT2D eigenvalue weighted by Crippen LogP contribution is -2.19. The number of ether oxygens (including phenoxy) is 3. The van der Waals surface area contributed by atoms with E-state index in [4.69, 9.17) is 14.2 Å². The monoisotopic (exact) mass is 684 g/mol. The summed E-state index contributed by atoms with van der Waals surface area (Å²) in [6.45, 7) is 0.0866. The Balaban J connectivity index is 1.29. The van der Waals surface area contributed by atoms with Gasteiger partial charge in [0.25, 0.3) is 5.91 Å². The van der Waals surface area contributed by atoms with Gasteiger partial charge in [0.1, 0.15) is 11.8 Å². The molecule has 1 amide bonds. The van der Waals surface area contributed by atoms with Crippen LogP contribution in [0.15, 0.2) is 92.9 Å². The molecule has 206 valence electrons. The van der Waals surface area contributed by atoms with Crippen molar-refractivity contribution in [3.63, 3.8) is 0 Å². The molecule has 6 rings (SSSR count). The van der Waals surface area contributed by atoms with E-state index < -0.39 is 11.9 Å². The molecule has 4 aromatic carbocycles. The maximum absolute atomic E-state index is 13.4. The van der Waals surface area contributed by atoms with E-state index >= 15 is 0 Å². The predicted octanol–water partition coefficient (Wildman–Crippen LogP) is 6.94. The Morgan fingerprint density at radius 2 is 1.81 bits per heavy atom. The largest absolute Gasteiger partial charge is 0.454 e. The van der Waals surface area contributed by atoms with E-state index in [1.54, 1.807) is 42.5 Å². The van der Waals surface area contributed by atoms with Crippen LogP contribution in [0.25, 0.3) is 22.0 Å². The fourth-order valence-electron chi connectivity index (χ4n) is 4.56. The number of aromatic amines is 1. The first-order valence-electron chi connectivity index (χ1n) is 12.5. The summed E-state index contributed by atoms with van der Waals surface area (Å²) < 4.78 is 17.6. The zero-order valence-corrected chi connectivity index (χ0v) is 24.7. The highest BCUT2D eigenvalue weighted by molar-refractivity contribution is 9.11. The van der Waals surface area contributed by atoms with Crippen LogP contribution < -0.4 is 19.6 Å². The van der Waals surface area contributed by atoms with Gasteiger partial charge in [-0.15, -0.1) is 0 Å². The molecule has 9 nitrogen and oxygen atoms in total. The first-order valence-corrected chi connectivity index (χ1v) is 14.1. The van der Waals surface area contributed by atoms with Gasteiger partial charge >= 0.3 is 5.97 Å². The van der Waals surface area contributed by atoms with Gasteiger partial charge in [-0.05, 0) is 57.9 Å². The number of hydrogen-bond acceptors (Lipinski definition) is 7. The highest BCUT2D eigenvalue weighted by Gasteiger charge is 2.22. The number of aromatic nitrogens is 1. The molecule has 1 aliphatic rings. The zero-order chi connectivity index (χ0) is 29.2. The Morgan fingerprint density at radius 3 is 2.62 bits per heavy atom. The lowest BCUT2D eigenvalue weighted by atomic mass is 10.0. The maximum atomic E-state index is 13.4. The van der Waals surface area contributed by atoms with Crippen molar-refractivity contribution in [1.82, 2.24) is 10.4 Å². The number of carbonyl (C=O) groups excluding carboxylic acids is 2. The topological polar surface area (TPSA) is 126 Å². The zero-order valence-electron chi connectivity index (χ0n) is 21.5. The average molecular weight is 686 g/mol. The average Bonchev–Trinajstić information content (AvgIpc) is 3.63. The molecule has 0 atom stereocenters. The van der Waals surface area contributed by atoms with Gasteiger partial charge in [-0.3, -0.25) is 4.79 Å². The van der Waals surface area contributed by atoms with Crippen molar-refractivity contribution in [2.75, 3.05) is 6.79 Å². The van der Waals surface area contributed by atoms with Crippen LogP contribution in [0.3, 0.4) is 0 Å². The predicted molar refractivity (Wildman–Crippen MR) is 163 cm³/mol. The quantitative estimate of drug-likeness (QED) is 0.0863. The number of fused-ring (bicyclic) bond motifs is 2. The molecule has 0 unspecified atom stereocenters. The highest BCUT2D eigenvalue weighted by atomic mass is 79.9. The molecule has 1 aromatic heterocycles. The molecule has 0 saturated carbocycles. The minimum atomic E-state index is -0.617. The van der Waals surface area contributed by atoms with Crippen molar-refractivity contribution >= 4 is 60.9 Å². The standard InChI is InChI=1S/C31H18Br2N4O5/c32-21-11-20(29(23(33)13-21)42-31(39)18-9-10-24-25(12-18)41-16-40-24)15-35-37-30(38)28-26(17-5-2-1-3-6-17)22-8-4-7-19(14-34)27(22)36-28/h1-13,15,36H,16H2,(H,37,38). The van der Waals surface area contributed by atoms with Gasteiger partial charge in [0.15, 0.2) is 17.2 Å². The van der Waals surface area contributed by atoms with Crippen LogP contribution >= 0.6 is 31.9 Å². The fraction of sp³-hybridized carbons (Fsp3) is 0.0323. The molecule has 0 spiro atoms. The van der Waals surface area contributed by atoms with Crippen LogP contribution in [0.5, 0.6) is 17.2 Å². The van der Waals surface area contributed by atoms with Crippen molar-refractivity contribution in [2.45, 2.75) is 0 Å². The maximum Gasteiger partial charge on any atom is 0.343 e. The molecule has 11 heteroatoms. The number of carbonyl (C=O) groups is 2. The van der Waals surface area contributed by atoms with E-state index in [-0.39, 0.29) is 23.8 Å². The molecule has 0 fully saturated rings. The smallest absolute Gasteiger partial charge is 0.343 e. The van der Waals surface area contributed by atoms with Gasteiger partial charge in [0.2, 0.25) is 6.79 Å². The van der Waals surface area contributed by atoms with Crippen LogP contribution in [-0.4, -0.2) is 29.9 Å². The van der Waals surface area contributed by atoms with Crippen molar-refractivity contribution in [2.24, 2.45) is 5.10 Å². The molecule has 42 heavy (non-hydrogen) atoms. The van der Waals surface area contributed by atoms with Crippen molar-refractivity contribution < 1.29 is 23.8 Å². The van der Waals surface area contributed by atoms with Crippen LogP contribution in [0.4, 0.5) is 0 Å². The number of nitrogens with one attached hydrogen (secondary N) is 2. The molecule has 2 N–H and O–H groups in total.